The van der Waals surface area contributed by atoms with Crippen LogP contribution in [0.2, 0.25) is 5.02 Å². The molecule has 6 heteroatoms. The first-order valence-electron chi connectivity index (χ1n) is 5.51. The van der Waals surface area contributed by atoms with E-state index in [0.717, 1.165) is 12.0 Å². The van der Waals surface area contributed by atoms with Crippen LogP contribution in [0.15, 0.2) is 12.3 Å². The van der Waals surface area contributed by atoms with Gasteiger partial charge in [0.05, 0.1) is 0 Å². The molecule has 0 fully saturated rings. The van der Waals surface area contributed by atoms with Gasteiger partial charge < -0.3 is 4.74 Å². The average Bonchev–Trinajstić information content (AvgIpc) is 2.26. The number of hydrogen-bond donors (Lipinski definition) is 0. The van der Waals surface area contributed by atoms with E-state index < -0.39 is 12.8 Å². The molecule has 1 aromatic heterocycles. The largest absolute Gasteiger partial charge is 0.467 e. The summed E-state index contributed by atoms with van der Waals surface area (Å²) in [4.78, 5) is 3.84. The van der Waals surface area contributed by atoms with Crippen LogP contribution >= 0.6 is 11.6 Å². The molecule has 0 radical (unpaired) electrons. The smallest absolute Gasteiger partial charge is 0.422 e. The fourth-order valence-electron chi connectivity index (χ4n) is 1.26. The van der Waals surface area contributed by atoms with Crippen LogP contribution < -0.4 is 4.74 Å². The molecule has 0 amide bonds. The van der Waals surface area contributed by atoms with Crippen LogP contribution in [-0.4, -0.2) is 17.8 Å². The maximum Gasteiger partial charge on any atom is 0.422 e. The molecule has 0 aliphatic rings. The summed E-state index contributed by atoms with van der Waals surface area (Å²) < 4.78 is 40.5. The maximum atomic E-state index is 12.0. The van der Waals surface area contributed by atoms with Gasteiger partial charge in [-0.1, -0.05) is 32.4 Å². The second-order valence-electron chi connectivity index (χ2n) is 4.65. The molecule has 0 aliphatic heterocycles. The van der Waals surface area contributed by atoms with E-state index in [2.05, 4.69) is 9.72 Å². The molecule has 0 unspecified atom stereocenters. The molecule has 0 aromatic carbocycles. The van der Waals surface area contributed by atoms with Crippen molar-refractivity contribution in [1.29, 1.82) is 0 Å². The summed E-state index contributed by atoms with van der Waals surface area (Å²) in [7, 11) is 0. The summed E-state index contributed by atoms with van der Waals surface area (Å²) >= 11 is 5.87. The molecule has 0 bridgehead atoms. The Labute approximate surface area is 109 Å². The minimum Gasteiger partial charge on any atom is -0.467 e. The Morgan fingerprint density at radius 3 is 2.39 bits per heavy atom. The molecule has 0 aliphatic carbocycles. The minimum absolute atomic E-state index is 0.0956. The lowest BCUT2D eigenvalue weighted by Crippen LogP contribution is -2.20. The molecule has 1 heterocycles. The van der Waals surface area contributed by atoms with Gasteiger partial charge in [0.15, 0.2) is 6.61 Å². The third-order valence-corrected chi connectivity index (χ3v) is 3.12. The Balaban J connectivity index is 2.87. The minimum atomic E-state index is -4.40. The van der Waals surface area contributed by atoms with Crippen molar-refractivity contribution < 1.29 is 17.9 Å². The van der Waals surface area contributed by atoms with Crippen LogP contribution in [0.5, 0.6) is 5.88 Å². The quantitative estimate of drug-likeness (QED) is 0.818. The zero-order valence-electron chi connectivity index (χ0n) is 10.4. The number of hydrogen-bond acceptors (Lipinski definition) is 2. The fourth-order valence-corrected chi connectivity index (χ4v) is 1.48. The number of pyridine rings is 1. The van der Waals surface area contributed by atoms with Gasteiger partial charge in [0.1, 0.15) is 5.02 Å². The maximum absolute atomic E-state index is 12.0. The van der Waals surface area contributed by atoms with E-state index in [1.807, 2.05) is 20.8 Å². The van der Waals surface area contributed by atoms with Gasteiger partial charge in [-0.05, 0) is 23.5 Å². The number of alkyl halides is 3. The van der Waals surface area contributed by atoms with Gasteiger partial charge >= 0.3 is 6.18 Å². The van der Waals surface area contributed by atoms with Crippen LogP contribution in [0.25, 0.3) is 0 Å². The first kappa shape index (κ1) is 15.1. The zero-order valence-corrected chi connectivity index (χ0v) is 11.2. The predicted octanol–water partition coefficient (Wildman–Crippen LogP) is 4.36. The summed E-state index contributed by atoms with van der Waals surface area (Å²) in [5.41, 5.74) is 0.744. The highest BCUT2D eigenvalue weighted by Gasteiger charge is 2.29. The van der Waals surface area contributed by atoms with Crippen molar-refractivity contribution in [3.8, 4) is 5.88 Å². The van der Waals surface area contributed by atoms with E-state index in [4.69, 9.17) is 11.6 Å². The Kier molecular flexibility index (Phi) is 4.48. The SMILES string of the molecule is CCC(C)(C)c1cnc(OCC(F)(F)F)c(Cl)c1. The number of rotatable bonds is 4. The van der Waals surface area contributed by atoms with Crippen molar-refractivity contribution in [2.24, 2.45) is 0 Å². The van der Waals surface area contributed by atoms with Crippen molar-refractivity contribution in [1.82, 2.24) is 4.98 Å². The van der Waals surface area contributed by atoms with Crippen molar-refractivity contribution in [3.63, 3.8) is 0 Å². The Morgan fingerprint density at radius 1 is 1.33 bits per heavy atom. The standard InChI is InChI=1S/C12H15ClF3NO/c1-4-11(2,3)8-5-9(13)10(17-6-8)18-7-12(14,15)16/h5-6H,4,7H2,1-3H3. The summed E-state index contributed by atoms with van der Waals surface area (Å²) in [5, 5.41) is 0.0956. The van der Waals surface area contributed by atoms with E-state index in [0.29, 0.717) is 0 Å². The van der Waals surface area contributed by atoms with Crippen molar-refractivity contribution in [3.05, 3.63) is 22.8 Å². The van der Waals surface area contributed by atoms with E-state index in [1.54, 1.807) is 6.07 Å². The molecule has 1 rings (SSSR count). The lowest BCUT2D eigenvalue weighted by Gasteiger charge is -2.23. The van der Waals surface area contributed by atoms with Gasteiger partial charge in [-0.25, -0.2) is 4.98 Å². The van der Waals surface area contributed by atoms with Gasteiger partial charge in [-0.2, -0.15) is 13.2 Å². The number of ether oxygens (including phenoxy) is 1. The van der Waals surface area contributed by atoms with Crippen LogP contribution in [0.4, 0.5) is 13.2 Å². The Bertz CT molecular complexity index is 418. The summed E-state index contributed by atoms with van der Waals surface area (Å²) in [6.07, 6.45) is -2.03. The second kappa shape index (κ2) is 5.34. The number of aromatic nitrogens is 1. The molecule has 102 valence electrons. The van der Waals surface area contributed by atoms with E-state index in [-0.39, 0.29) is 16.3 Å². The van der Waals surface area contributed by atoms with Gasteiger partial charge in [0.2, 0.25) is 5.88 Å². The zero-order chi connectivity index (χ0) is 14.0. The Hall–Kier alpha value is -0.970. The van der Waals surface area contributed by atoms with Crippen molar-refractivity contribution in [2.75, 3.05) is 6.61 Å². The normalized spacial score (nSPS) is 12.6. The number of nitrogens with zero attached hydrogens (tertiary/aromatic N) is 1. The summed E-state index contributed by atoms with van der Waals surface area (Å²) in [6.45, 7) is 4.64. The second-order valence-corrected chi connectivity index (χ2v) is 5.06. The first-order chi connectivity index (χ1) is 8.15. The van der Waals surface area contributed by atoms with E-state index >= 15 is 0 Å². The predicted molar refractivity (Wildman–Crippen MR) is 64.1 cm³/mol. The van der Waals surface area contributed by atoms with Crippen LogP contribution in [-0.2, 0) is 5.41 Å². The highest BCUT2D eigenvalue weighted by Crippen LogP contribution is 2.31. The monoisotopic (exact) mass is 281 g/mol. The molecule has 0 spiro atoms. The molecule has 18 heavy (non-hydrogen) atoms. The third-order valence-electron chi connectivity index (χ3n) is 2.85. The molecule has 1 aromatic rings. The van der Waals surface area contributed by atoms with Crippen molar-refractivity contribution >= 4 is 11.6 Å². The molecular weight excluding hydrogens is 267 g/mol. The van der Waals surface area contributed by atoms with E-state index in [9.17, 15) is 13.2 Å². The Morgan fingerprint density at radius 2 is 1.94 bits per heavy atom. The highest BCUT2D eigenvalue weighted by atomic mass is 35.5. The average molecular weight is 282 g/mol. The lowest BCUT2D eigenvalue weighted by molar-refractivity contribution is -0.154. The van der Waals surface area contributed by atoms with Gasteiger partial charge in [0, 0.05) is 6.20 Å². The first-order valence-corrected chi connectivity index (χ1v) is 5.89. The third kappa shape index (κ3) is 4.05. The molecule has 0 N–H and O–H groups in total. The molecule has 0 saturated heterocycles. The van der Waals surface area contributed by atoms with Gasteiger partial charge in [-0.3, -0.25) is 0 Å². The van der Waals surface area contributed by atoms with E-state index in [1.165, 1.54) is 6.20 Å². The molecule has 2 nitrogen and oxygen atoms in total. The topological polar surface area (TPSA) is 22.1 Å². The molecule has 0 atom stereocenters. The lowest BCUT2D eigenvalue weighted by atomic mass is 9.83. The molecular formula is C12H15ClF3NO. The number of halogens is 4. The summed E-state index contributed by atoms with van der Waals surface area (Å²) in [6, 6.07) is 1.60. The molecule has 0 saturated carbocycles. The highest BCUT2D eigenvalue weighted by molar-refractivity contribution is 6.31. The van der Waals surface area contributed by atoms with Gasteiger partial charge in [0.25, 0.3) is 0 Å². The van der Waals surface area contributed by atoms with Crippen LogP contribution in [0, 0.1) is 0 Å². The van der Waals surface area contributed by atoms with Gasteiger partial charge in [-0.15, -0.1) is 0 Å². The summed E-state index contributed by atoms with van der Waals surface area (Å²) in [5.74, 6) is -0.190. The van der Waals surface area contributed by atoms with Crippen LogP contribution in [0.1, 0.15) is 32.8 Å². The van der Waals surface area contributed by atoms with Crippen LogP contribution in [0.3, 0.4) is 0 Å². The fraction of sp³-hybridized carbons (Fsp3) is 0.583. The van der Waals surface area contributed by atoms with Crippen molar-refractivity contribution in [2.45, 2.75) is 38.8 Å².